The Balaban J connectivity index is 1.69. The van der Waals surface area contributed by atoms with Gasteiger partial charge >= 0.3 is 0 Å². The third-order valence-electron chi connectivity index (χ3n) is 4.36. The molecule has 3 heteroatoms. The Morgan fingerprint density at radius 1 is 1.00 bits per heavy atom. The van der Waals surface area contributed by atoms with Crippen LogP contribution in [0.2, 0.25) is 0 Å². The highest BCUT2D eigenvalue weighted by molar-refractivity contribution is 5.80. The average molecular weight is 251 g/mol. The second kappa shape index (κ2) is 6.91. The number of nitrogens with one attached hydrogen (secondary N) is 1. The van der Waals surface area contributed by atoms with E-state index in [0.717, 1.165) is 12.8 Å². The first kappa shape index (κ1) is 13.6. The largest absolute Gasteiger partial charge is 0.353 e. The van der Waals surface area contributed by atoms with E-state index >= 15 is 0 Å². The Kier molecular flexibility index (Phi) is 5.21. The molecule has 0 radical (unpaired) electrons. The van der Waals surface area contributed by atoms with E-state index in [4.69, 9.17) is 0 Å². The van der Waals surface area contributed by atoms with Crippen LogP contribution in [0.4, 0.5) is 0 Å². The Labute approximate surface area is 110 Å². The van der Waals surface area contributed by atoms with Gasteiger partial charge in [-0.15, -0.1) is 0 Å². The van der Waals surface area contributed by atoms with Crippen LogP contribution in [-0.2, 0) is 9.59 Å². The normalized spacial score (nSPS) is 23.7. The third-order valence-corrected chi connectivity index (χ3v) is 4.36. The lowest BCUT2D eigenvalue weighted by Crippen LogP contribution is -2.38. The van der Waals surface area contributed by atoms with Crippen LogP contribution in [0.1, 0.15) is 70.6 Å². The minimum absolute atomic E-state index is 0.209. The molecule has 2 aliphatic rings. The molecule has 3 nitrogen and oxygen atoms in total. The lowest BCUT2D eigenvalue weighted by molar-refractivity contribution is -0.125. The van der Waals surface area contributed by atoms with Crippen molar-refractivity contribution in [3.8, 4) is 0 Å². The maximum Gasteiger partial charge on any atom is 0.220 e. The van der Waals surface area contributed by atoms with Crippen molar-refractivity contribution in [2.45, 2.75) is 76.7 Å². The van der Waals surface area contributed by atoms with E-state index in [2.05, 4.69) is 5.32 Å². The number of hydrogen-bond acceptors (Lipinski definition) is 2. The molecule has 1 N–H and O–H groups in total. The van der Waals surface area contributed by atoms with Gasteiger partial charge in [0, 0.05) is 25.3 Å². The summed E-state index contributed by atoms with van der Waals surface area (Å²) >= 11 is 0. The van der Waals surface area contributed by atoms with Crippen LogP contribution < -0.4 is 5.32 Å². The zero-order valence-corrected chi connectivity index (χ0v) is 11.2. The number of carbonyl (C=O) groups is 2. The summed E-state index contributed by atoms with van der Waals surface area (Å²) in [5.74, 6) is 1.16. The molecule has 0 heterocycles. The lowest BCUT2D eigenvalue weighted by atomic mass is 9.93. The molecule has 0 aromatic rings. The summed E-state index contributed by atoms with van der Waals surface area (Å²) in [6.07, 6.45) is 11.4. The second-order valence-corrected chi connectivity index (χ2v) is 5.94. The van der Waals surface area contributed by atoms with Gasteiger partial charge in [-0.05, 0) is 31.6 Å². The third kappa shape index (κ3) is 4.43. The van der Waals surface area contributed by atoms with Gasteiger partial charge in [0.15, 0.2) is 0 Å². The Morgan fingerprint density at radius 2 is 1.61 bits per heavy atom. The van der Waals surface area contributed by atoms with Gasteiger partial charge < -0.3 is 5.32 Å². The zero-order valence-electron chi connectivity index (χ0n) is 11.2. The van der Waals surface area contributed by atoms with Gasteiger partial charge in [0.05, 0.1) is 0 Å². The van der Waals surface area contributed by atoms with Gasteiger partial charge in [-0.1, -0.05) is 25.7 Å². The van der Waals surface area contributed by atoms with Gasteiger partial charge in [-0.25, -0.2) is 0 Å². The molecule has 0 spiro atoms. The van der Waals surface area contributed by atoms with Gasteiger partial charge in [0.2, 0.25) is 5.91 Å². The molecule has 2 aliphatic carbocycles. The fourth-order valence-electron chi connectivity index (χ4n) is 3.20. The van der Waals surface area contributed by atoms with E-state index < -0.39 is 0 Å². The van der Waals surface area contributed by atoms with E-state index in [1.165, 1.54) is 38.5 Å². The molecule has 2 rings (SSSR count). The van der Waals surface area contributed by atoms with Gasteiger partial charge in [-0.3, -0.25) is 9.59 Å². The van der Waals surface area contributed by atoms with E-state index in [-0.39, 0.29) is 11.9 Å². The van der Waals surface area contributed by atoms with Crippen molar-refractivity contribution in [3.05, 3.63) is 0 Å². The van der Waals surface area contributed by atoms with Gasteiger partial charge in [-0.2, -0.15) is 0 Å². The summed E-state index contributed by atoms with van der Waals surface area (Å²) in [7, 11) is 0. The van der Waals surface area contributed by atoms with Gasteiger partial charge in [0.25, 0.3) is 0 Å². The molecule has 0 saturated heterocycles. The monoisotopic (exact) mass is 251 g/mol. The number of amides is 1. The van der Waals surface area contributed by atoms with Crippen LogP contribution in [0.25, 0.3) is 0 Å². The molecule has 102 valence electrons. The predicted octanol–water partition coefficient (Wildman–Crippen LogP) is 2.97. The molecule has 0 bridgehead atoms. The molecular weight excluding hydrogens is 226 g/mol. The Morgan fingerprint density at radius 3 is 2.22 bits per heavy atom. The maximum atomic E-state index is 12.0. The number of ketones is 1. The van der Waals surface area contributed by atoms with Crippen molar-refractivity contribution >= 4 is 11.7 Å². The smallest absolute Gasteiger partial charge is 0.220 e. The highest BCUT2D eigenvalue weighted by Crippen LogP contribution is 2.25. The average Bonchev–Trinajstić information content (AvgIpc) is 2.61. The molecule has 2 saturated carbocycles. The topological polar surface area (TPSA) is 46.2 Å². The summed E-state index contributed by atoms with van der Waals surface area (Å²) in [6.45, 7) is 0. The standard InChI is InChI=1S/C15H25NO2/c17-14-9-7-13(8-10-14)16-15(18)11-12-5-3-1-2-4-6-12/h12-13H,1-11H2,(H,16,18). The summed E-state index contributed by atoms with van der Waals surface area (Å²) in [5, 5.41) is 3.12. The minimum Gasteiger partial charge on any atom is -0.353 e. The number of Topliss-reactive ketones (excluding diaryl/α,β-unsaturated/α-hetero) is 1. The molecule has 0 aromatic heterocycles. The van der Waals surface area contributed by atoms with Crippen LogP contribution in [0, 0.1) is 5.92 Å². The fraction of sp³-hybridized carbons (Fsp3) is 0.867. The summed E-state index contributed by atoms with van der Waals surface area (Å²) in [4.78, 5) is 23.1. The molecule has 1 amide bonds. The van der Waals surface area contributed by atoms with E-state index in [1.54, 1.807) is 0 Å². The molecule has 18 heavy (non-hydrogen) atoms. The molecule has 0 aromatic carbocycles. The van der Waals surface area contributed by atoms with E-state index in [9.17, 15) is 9.59 Å². The van der Waals surface area contributed by atoms with Crippen molar-refractivity contribution < 1.29 is 9.59 Å². The summed E-state index contributed by atoms with van der Waals surface area (Å²) in [6, 6.07) is 0.251. The highest BCUT2D eigenvalue weighted by Gasteiger charge is 2.22. The lowest BCUT2D eigenvalue weighted by Gasteiger charge is -2.23. The molecule has 2 fully saturated rings. The predicted molar refractivity (Wildman–Crippen MR) is 71.2 cm³/mol. The van der Waals surface area contributed by atoms with Gasteiger partial charge in [0.1, 0.15) is 5.78 Å². The van der Waals surface area contributed by atoms with E-state index in [1.807, 2.05) is 0 Å². The van der Waals surface area contributed by atoms with E-state index in [0.29, 0.717) is 31.0 Å². The highest BCUT2D eigenvalue weighted by atomic mass is 16.1. The molecular formula is C15H25NO2. The fourth-order valence-corrected chi connectivity index (χ4v) is 3.20. The van der Waals surface area contributed by atoms with Crippen molar-refractivity contribution in [1.29, 1.82) is 0 Å². The maximum absolute atomic E-state index is 12.0. The van der Waals surface area contributed by atoms with Crippen LogP contribution in [0.3, 0.4) is 0 Å². The first-order valence-corrected chi connectivity index (χ1v) is 7.55. The van der Waals surface area contributed by atoms with Crippen molar-refractivity contribution in [3.63, 3.8) is 0 Å². The molecule has 0 atom stereocenters. The zero-order chi connectivity index (χ0) is 12.8. The van der Waals surface area contributed by atoms with Crippen LogP contribution in [-0.4, -0.2) is 17.7 Å². The first-order chi connectivity index (χ1) is 8.74. The molecule has 0 unspecified atom stereocenters. The Hall–Kier alpha value is -0.860. The van der Waals surface area contributed by atoms with Crippen LogP contribution in [0.5, 0.6) is 0 Å². The first-order valence-electron chi connectivity index (χ1n) is 7.55. The van der Waals surface area contributed by atoms with Crippen molar-refractivity contribution in [2.24, 2.45) is 5.92 Å². The van der Waals surface area contributed by atoms with Crippen molar-refractivity contribution in [2.75, 3.05) is 0 Å². The second-order valence-electron chi connectivity index (χ2n) is 5.94. The summed E-state index contributed by atoms with van der Waals surface area (Å²) < 4.78 is 0. The minimum atomic E-state index is 0.209. The van der Waals surface area contributed by atoms with Crippen LogP contribution in [0.15, 0.2) is 0 Å². The molecule has 0 aliphatic heterocycles. The quantitative estimate of drug-likeness (QED) is 0.784. The summed E-state index contributed by atoms with van der Waals surface area (Å²) in [5.41, 5.74) is 0. The number of carbonyl (C=O) groups excluding carboxylic acids is 2. The Bertz CT molecular complexity index is 283. The number of rotatable bonds is 3. The van der Waals surface area contributed by atoms with Crippen molar-refractivity contribution in [1.82, 2.24) is 5.32 Å². The number of hydrogen-bond donors (Lipinski definition) is 1. The van der Waals surface area contributed by atoms with Crippen LogP contribution >= 0.6 is 0 Å². The SMILES string of the molecule is O=C1CCC(NC(=O)CC2CCCCCC2)CC1.